The van der Waals surface area contributed by atoms with Gasteiger partial charge in [-0.25, -0.2) is 0 Å². The van der Waals surface area contributed by atoms with Crippen molar-refractivity contribution in [2.75, 3.05) is 24.5 Å². The molecule has 4 nitrogen and oxygen atoms in total. The summed E-state index contributed by atoms with van der Waals surface area (Å²) in [5.41, 5.74) is 2.55. The summed E-state index contributed by atoms with van der Waals surface area (Å²) >= 11 is 0. The number of carbonyl (C=O) groups is 1. The van der Waals surface area contributed by atoms with Gasteiger partial charge >= 0.3 is 5.97 Å². The highest BCUT2D eigenvalue weighted by Crippen LogP contribution is 2.34. The van der Waals surface area contributed by atoms with Crippen molar-refractivity contribution in [2.45, 2.75) is 31.7 Å². The second-order valence-electron chi connectivity index (χ2n) is 5.84. The van der Waals surface area contributed by atoms with Crippen molar-refractivity contribution in [3.63, 3.8) is 0 Å². The summed E-state index contributed by atoms with van der Waals surface area (Å²) in [6.07, 6.45) is 4.52. The van der Waals surface area contributed by atoms with Crippen molar-refractivity contribution in [3.8, 4) is 0 Å². The van der Waals surface area contributed by atoms with E-state index in [2.05, 4.69) is 34.5 Å². The van der Waals surface area contributed by atoms with Gasteiger partial charge in [0.1, 0.15) is 0 Å². The first-order chi connectivity index (χ1) is 9.75. The Morgan fingerprint density at radius 3 is 2.65 bits per heavy atom. The number of carboxylic acids is 1. The molecule has 108 valence electrons. The van der Waals surface area contributed by atoms with Crippen molar-refractivity contribution >= 4 is 11.7 Å². The number of carboxylic acid groups (broad SMARTS) is 1. The maximum Gasteiger partial charge on any atom is 0.307 e. The molecular weight excluding hydrogens is 252 g/mol. The Bertz CT molecular complexity index is 483. The zero-order valence-corrected chi connectivity index (χ0v) is 11.7. The van der Waals surface area contributed by atoms with Gasteiger partial charge in [0.15, 0.2) is 0 Å². The molecule has 2 saturated heterocycles. The first kappa shape index (κ1) is 13.4. The molecule has 1 aromatic rings. The van der Waals surface area contributed by atoms with E-state index in [0.717, 1.165) is 13.1 Å². The molecule has 2 heterocycles. The molecule has 2 aliphatic rings. The van der Waals surface area contributed by atoms with Crippen molar-refractivity contribution in [2.24, 2.45) is 5.92 Å². The van der Waals surface area contributed by atoms with Gasteiger partial charge in [0.05, 0.1) is 5.92 Å². The predicted molar refractivity (Wildman–Crippen MR) is 79.0 cm³/mol. The molecule has 2 atom stereocenters. The average molecular weight is 274 g/mol. The number of nitrogens with zero attached hydrogens (tertiary/aromatic N) is 1. The average Bonchev–Trinajstić information content (AvgIpc) is 2.98. The Hall–Kier alpha value is -1.55. The van der Waals surface area contributed by atoms with E-state index in [0.29, 0.717) is 13.0 Å². The number of hydrogen-bond donors (Lipinski definition) is 2. The lowest BCUT2D eigenvalue weighted by Gasteiger charge is -2.32. The van der Waals surface area contributed by atoms with Gasteiger partial charge in [-0.15, -0.1) is 0 Å². The Kier molecular flexibility index (Phi) is 3.92. The van der Waals surface area contributed by atoms with Gasteiger partial charge in [0.25, 0.3) is 0 Å². The fourth-order valence-corrected chi connectivity index (χ4v) is 3.37. The van der Waals surface area contributed by atoms with Crippen LogP contribution in [-0.2, 0) is 4.79 Å². The molecule has 0 spiro atoms. The number of para-hydroxylation sites is 1. The Morgan fingerprint density at radius 2 is 1.95 bits per heavy atom. The zero-order valence-electron chi connectivity index (χ0n) is 11.7. The second-order valence-corrected chi connectivity index (χ2v) is 5.84. The number of piperidine rings is 1. The summed E-state index contributed by atoms with van der Waals surface area (Å²) in [4.78, 5) is 13.6. The van der Waals surface area contributed by atoms with Crippen molar-refractivity contribution < 1.29 is 9.90 Å². The highest BCUT2D eigenvalue weighted by molar-refractivity contribution is 5.71. The molecule has 2 N–H and O–H groups in total. The molecule has 0 amide bonds. The number of hydrogen-bond acceptors (Lipinski definition) is 3. The first-order valence-electron chi connectivity index (χ1n) is 7.56. The van der Waals surface area contributed by atoms with Crippen LogP contribution < -0.4 is 10.2 Å². The van der Waals surface area contributed by atoms with Crippen LogP contribution in [0.2, 0.25) is 0 Å². The van der Waals surface area contributed by atoms with Crippen molar-refractivity contribution in [3.05, 3.63) is 29.8 Å². The molecule has 4 heteroatoms. The van der Waals surface area contributed by atoms with Gasteiger partial charge in [-0.2, -0.15) is 0 Å². The van der Waals surface area contributed by atoms with Crippen LogP contribution in [0, 0.1) is 5.92 Å². The monoisotopic (exact) mass is 274 g/mol. The van der Waals surface area contributed by atoms with E-state index >= 15 is 0 Å². The maximum absolute atomic E-state index is 11.1. The maximum atomic E-state index is 11.1. The molecule has 1 aromatic carbocycles. The van der Waals surface area contributed by atoms with E-state index in [-0.39, 0.29) is 12.0 Å². The van der Waals surface area contributed by atoms with Gasteiger partial charge in [0, 0.05) is 31.4 Å². The largest absolute Gasteiger partial charge is 0.481 e. The number of anilines is 1. The summed E-state index contributed by atoms with van der Waals surface area (Å²) in [5.74, 6) is -0.940. The van der Waals surface area contributed by atoms with Crippen LogP contribution in [0.1, 0.15) is 37.3 Å². The van der Waals surface area contributed by atoms with Crippen LogP contribution in [0.3, 0.4) is 0 Å². The molecule has 0 aliphatic carbocycles. The number of benzene rings is 1. The molecule has 0 aromatic heterocycles. The van der Waals surface area contributed by atoms with E-state index in [1.54, 1.807) is 0 Å². The third-order valence-electron chi connectivity index (χ3n) is 4.49. The molecule has 20 heavy (non-hydrogen) atoms. The zero-order chi connectivity index (χ0) is 13.9. The first-order valence-corrected chi connectivity index (χ1v) is 7.56. The third-order valence-corrected chi connectivity index (χ3v) is 4.49. The molecule has 0 saturated carbocycles. The quantitative estimate of drug-likeness (QED) is 0.888. The van der Waals surface area contributed by atoms with Gasteiger partial charge in [-0.05, 0) is 37.3 Å². The molecule has 0 bridgehead atoms. The Labute approximate surface area is 119 Å². The smallest absolute Gasteiger partial charge is 0.307 e. The van der Waals surface area contributed by atoms with Crippen LogP contribution in [0.15, 0.2) is 24.3 Å². The number of aliphatic carboxylic acids is 1. The van der Waals surface area contributed by atoms with Crippen LogP contribution in [0.5, 0.6) is 0 Å². The number of nitrogens with one attached hydrogen (secondary N) is 1. The predicted octanol–water partition coefficient (Wildman–Crippen LogP) is 2.41. The van der Waals surface area contributed by atoms with Gasteiger partial charge < -0.3 is 15.3 Å². The summed E-state index contributed by atoms with van der Waals surface area (Å²) in [6, 6.07) is 8.63. The summed E-state index contributed by atoms with van der Waals surface area (Å²) in [5, 5.41) is 12.5. The lowest BCUT2D eigenvalue weighted by molar-refractivity contribution is -0.141. The van der Waals surface area contributed by atoms with Crippen LogP contribution in [-0.4, -0.2) is 30.7 Å². The third kappa shape index (κ3) is 2.66. The molecule has 0 radical (unpaired) electrons. The van der Waals surface area contributed by atoms with Crippen LogP contribution in [0.25, 0.3) is 0 Å². The molecule has 2 unspecified atom stereocenters. The van der Waals surface area contributed by atoms with E-state index in [9.17, 15) is 4.79 Å². The van der Waals surface area contributed by atoms with Crippen molar-refractivity contribution in [1.29, 1.82) is 0 Å². The van der Waals surface area contributed by atoms with Crippen LogP contribution in [0.4, 0.5) is 5.69 Å². The SMILES string of the molecule is O=C(O)C1CNC(c2ccccc2N2CCCCC2)C1. The Balaban J connectivity index is 1.81. The molecule has 2 fully saturated rings. The van der Waals surface area contributed by atoms with Gasteiger partial charge in [0.2, 0.25) is 0 Å². The van der Waals surface area contributed by atoms with Gasteiger partial charge in [-0.3, -0.25) is 4.79 Å². The fraction of sp³-hybridized carbons (Fsp3) is 0.562. The summed E-state index contributed by atoms with van der Waals surface area (Å²) < 4.78 is 0. The lowest BCUT2D eigenvalue weighted by Crippen LogP contribution is -2.31. The second kappa shape index (κ2) is 5.83. The van der Waals surface area contributed by atoms with E-state index in [1.165, 1.54) is 30.5 Å². The van der Waals surface area contributed by atoms with Crippen molar-refractivity contribution in [1.82, 2.24) is 5.32 Å². The van der Waals surface area contributed by atoms with E-state index < -0.39 is 5.97 Å². The van der Waals surface area contributed by atoms with Gasteiger partial charge in [-0.1, -0.05) is 18.2 Å². The molecule has 3 rings (SSSR count). The topological polar surface area (TPSA) is 52.6 Å². The van der Waals surface area contributed by atoms with E-state index in [1.807, 2.05) is 0 Å². The highest BCUT2D eigenvalue weighted by atomic mass is 16.4. The minimum absolute atomic E-state index is 0.175. The minimum Gasteiger partial charge on any atom is -0.481 e. The molecule has 2 aliphatic heterocycles. The minimum atomic E-state index is -0.685. The van der Waals surface area contributed by atoms with E-state index in [4.69, 9.17) is 5.11 Å². The normalized spacial score (nSPS) is 26.7. The summed E-state index contributed by atoms with van der Waals surface area (Å²) in [7, 11) is 0. The molecular formula is C16H22N2O2. The lowest BCUT2D eigenvalue weighted by atomic mass is 9.97. The summed E-state index contributed by atoms with van der Waals surface area (Å²) in [6.45, 7) is 2.81. The Morgan fingerprint density at radius 1 is 1.20 bits per heavy atom. The highest BCUT2D eigenvalue weighted by Gasteiger charge is 2.31. The number of rotatable bonds is 3. The standard InChI is InChI=1S/C16H22N2O2/c19-16(20)12-10-14(17-11-12)13-6-2-3-7-15(13)18-8-4-1-5-9-18/h2-3,6-7,12,14,17H,1,4-5,8-11H2,(H,19,20). The van der Waals surface area contributed by atoms with Crippen LogP contribution >= 0.6 is 0 Å². The fourth-order valence-electron chi connectivity index (χ4n) is 3.37.